The quantitative estimate of drug-likeness (QED) is 0.442. The van der Waals surface area contributed by atoms with Crippen LogP contribution in [0.15, 0.2) is 11.3 Å². The molecule has 2 N–H and O–H groups in total. The Kier molecular flexibility index (Phi) is 5.61. The van der Waals surface area contributed by atoms with E-state index in [-0.39, 0.29) is 57.4 Å². The van der Waals surface area contributed by atoms with Crippen molar-refractivity contribution in [1.82, 2.24) is 5.32 Å². The van der Waals surface area contributed by atoms with Gasteiger partial charge < -0.3 is 11.1 Å². The fourth-order valence-corrected chi connectivity index (χ4v) is 1.08. The zero-order chi connectivity index (χ0) is 7.56. The van der Waals surface area contributed by atoms with Gasteiger partial charge in [0.2, 0.25) is 0 Å². The van der Waals surface area contributed by atoms with Gasteiger partial charge in [-0.05, 0) is 19.9 Å². The van der Waals surface area contributed by atoms with E-state index in [1.807, 2.05) is 13.0 Å². The zero-order valence-electron chi connectivity index (χ0n) is 6.94. The molecule has 4 heteroatoms. The predicted octanol–water partition coefficient (Wildman–Crippen LogP) is -1.80. The van der Waals surface area contributed by atoms with Gasteiger partial charge in [-0.3, -0.25) is 0 Å². The van der Waals surface area contributed by atoms with Gasteiger partial charge in [-0.15, -0.1) is 5.70 Å². The molecule has 0 spiro atoms. The Morgan fingerprint density at radius 3 is 2.73 bits per heavy atom. The maximum absolute atomic E-state index is 8.56. The Labute approximate surface area is 109 Å². The average molecular weight is 175 g/mol. The monoisotopic (exact) mass is 175 g/mol. The largest absolute Gasteiger partial charge is 1.00 e. The Morgan fingerprint density at radius 1 is 1.73 bits per heavy atom. The molecular weight excluding hydrogens is 165 g/mol. The van der Waals surface area contributed by atoms with E-state index >= 15 is 0 Å². The van der Waals surface area contributed by atoms with E-state index in [1.54, 1.807) is 0 Å². The fraction of sp³-hybridized carbons (Fsp3) is 0.571. The van der Waals surface area contributed by atoms with Gasteiger partial charge in [0.1, 0.15) is 0 Å². The minimum Gasteiger partial charge on any atom is -0.701 e. The molecule has 3 nitrogen and oxygen atoms in total. The summed E-state index contributed by atoms with van der Waals surface area (Å²) in [5.74, 6) is 0. The van der Waals surface area contributed by atoms with Crippen molar-refractivity contribution < 1.29 is 51.4 Å². The Morgan fingerprint density at radius 2 is 2.36 bits per heavy atom. The molecule has 0 unspecified atom stereocenters. The third kappa shape index (κ3) is 2.86. The Balaban J connectivity index is 0.000001000. The summed E-state index contributed by atoms with van der Waals surface area (Å²) in [6.07, 6.45) is 0.688. The molecule has 0 aromatic heterocycles. The molecule has 54 valence electrons. The molecule has 0 fully saturated rings. The summed E-state index contributed by atoms with van der Waals surface area (Å²) in [4.78, 5) is 0. The van der Waals surface area contributed by atoms with Gasteiger partial charge in [-0.25, -0.2) is 0 Å². The van der Waals surface area contributed by atoms with Gasteiger partial charge in [0.25, 0.3) is 0 Å². The maximum Gasteiger partial charge on any atom is 1.00 e. The van der Waals surface area contributed by atoms with Gasteiger partial charge in [-0.2, -0.15) is 5.26 Å². The standard InChI is InChI=1S/C7H10N3.K/c1-5-6(4-8)7(9)2-3-10-5;/h5,9-10H,2-3H2,1H3;/q-1;+1/t5-;/m0./s1. The first-order valence-corrected chi connectivity index (χ1v) is 3.34. The number of nitriles is 1. The molecule has 0 amide bonds. The molecule has 1 atom stereocenters. The normalized spacial score (nSPS) is 23.8. The van der Waals surface area contributed by atoms with Crippen molar-refractivity contribution in [2.75, 3.05) is 6.54 Å². The van der Waals surface area contributed by atoms with E-state index in [0.717, 1.165) is 6.54 Å². The van der Waals surface area contributed by atoms with Crippen LogP contribution in [0.1, 0.15) is 13.3 Å². The summed E-state index contributed by atoms with van der Waals surface area (Å²) in [6, 6.07) is 2.11. The summed E-state index contributed by atoms with van der Waals surface area (Å²) in [7, 11) is 0. The van der Waals surface area contributed by atoms with Gasteiger partial charge >= 0.3 is 51.4 Å². The van der Waals surface area contributed by atoms with Crippen molar-refractivity contribution in [3.63, 3.8) is 0 Å². The van der Waals surface area contributed by atoms with Gasteiger partial charge in [-0.1, -0.05) is 0 Å². The number of nitrogens with one attached hydrogen (secondary N) is 2. The third-order valence-electron chi connectivity index (χ3n) is 1.70. The summed E-state index contributed by atoms with van der Waals surface area (Å²) in [5.41, 5.74) is 8.46. The zero-order valence-corrected chi connectivity index (χ0v) is 10.1. The van der Waals surface area contributed by atoms with Crippen molar-refractivity contribution in [3.8, 4) is 6.07 Å². The Bertz CT molecular complexity index is 204. The van der Waals surface area contributed by atoms with Crippen LogP contribution in [0.25, 0.3) is 5.73 Å². The first kappa shape index (κ1) is 11.6. The molecule has 0 aliphatic carbocycles. The molecular formula is C7H10KN3. The second-order valence-electron chi connectivity index (χ2n) is 2.43. The molecule has 1 rings (SSSR count). The molecule has 0 saturated carbocycles. The van der Waals surface area contributed by atoms with Crippen molar-refractivity contribution in [1.29, 1.82) is 5.26 Å². The van der Waals surface area contributed by atoms with E-state index in [4.69, 9.17) is 11.0 Å². The second kappa shape index (κ2) is 5.30. The van der Waals surface area contributed by atoms with Crippen LogP contribution >= 0.6 is 0 Å². The summed E-state index contributed by atoms with van der Waals surface area (Å²) in [5, 5.41) is 11.7. The summed E-state index contributed by atoms with van der Waals surface area (Å²) >= 11 is 0. The molecule has 1 heterocycles. The summed E-state index contributed by atoms with van der Waals surface area (Å²) < 4.78 is 0. The minimum atomic E-state index is 0. The van der Waals surface area contributed by atoms with Crippen molar-refractivity contribution in [2.45, 2.75) is 19.4 Å². The van der Waals surface area contributed by atoms with Gasteiger partial charge in [0, 0.05) is 11.6 Å². The number of hydrogen-bond acceptors (Lipinski definition) is 2. The molecule has 11 heavy (non-hydrogen) atoms. The van der Waals surface area contributed by atoms with E-state index in [2.05, 4.69) is 5.32 Å². The van der Waals surface area contributed by atoms with E-state index in [9.17, 15) is 0 Å². The number of nitrogens with zero attached hydrogens (tertiary/aromatic N) is 1. The minimum absolute atomic E-state index is 0. The van der Waals surface area contributed by atoms with E-state index in [1.165, 1.54) is 0 Å². The molecule has 0 bridgehead atoms. The first-order valence-electron chi connectivity index (χ1n) is 3.34. The Hall–Kier alpha value is 0.626. The van der Waals surface area contributed by atoms with Crippen LogP contribution in [-0.4, -0.2) is 12.6 Å². The second-order valence-corrected chi connectivity index (χ2v) is 2.43. The summed E-state index contributed by atoms with van der Waals surface area (Å²) in [6.45, 7) is 2.73. The molecule has 0 saturated heterocycles. The average Bonchev–Trinajstić information content (AvgIpc) is 1.88. The third-order valence-corrected chi connectivity index (χ3v) is 1.70. The van der Waals surface area contributed by atoms with Crippen LogP contribution in [-0.2, 0) is 0 Å². The molecule has 0 aromatic carbocycles. The van der Waals surface area contributed by atoms with Crippen LogP contribution < -0.4 is 56.7 Å². The van der Waals surface area contributed by atoms with Crippen molar-refractivity contribution >= 4 is 0 Å². The van der Waals surface area contributed by atoms with E-state index < -0.39 is 0 Å². The first-order chi connectivity index (χ1) is 4.75. The van der Waals surface area contributed by atoms with Crippen LogP contribution in [0.5, 0.6) is 0 Å². The van der Waals surface area contributed by atoms with E-state index in [0.29, 0.717) is 17.7 Å². The van der Waals surface area contributed by atoms with Gasteiger partial charge in [0.15, 0.2) is 0 Å². The SMILES string of the molecule is C[C@@H]1NCCC([NH-])=C1C#N.[K+]. The smallest absolute Gasteiger partial charge is 0.701 e. The molecule has 0 aromatic rings. The topological polar surface area (TPSA) is 59.6 Å². The molecule has 1 aliphatic heterocycles. The van der Waals surface area contributed by atoms with Crippen LogP contribution in [0.3, 0.4) is 0 Å². The van der Waals surface area contributed by atoms with Crippen molar-refractivity contribution in [2.24, 2.45) is 0 Å². The predicted molar refractivity (Wildman–Crippen MR) is 39.0 cm³/mol. The van der Waals surface area contributed by atoms with Crippen LogP contribution in [0.4, 0.5) is 0 Å². The fourth-order valence-electron chi connectivity index (χ4n) is 1.08. The number of hydrogen-bond donors (Lipinski definition) is 1. The number of rotatable bonds is 0. The molecule has 0 radical (unpaired) electrons. The maximum atomic E-state index is 8.56. The van der Waals surface area contributed by atoms with Crippen LogP contribution in [0.2, 0.25) is 0 Å². The van der Waals surface area contributed by atoms with Crippen molar-refractivity contribution in [3.05, 3.63) is 17.0 Å². The molecule has 1 aliphatic rings. The van der Waals surface area contributed by atoms with Crippen LogP contribution in [0, 0.1) is 11.3 Å². The van der Waals surface area contributed by atoms with Gasteiger partial charge in [0.05, 0.1) is 6.07 Å².